The second-order valence-electron chi connectivity index (χ2n) is 5.84. The molecule has 0 unspecified atom stereocenters. The van der Waals surface area contributed by atoms with E-state index in [1.165, 1.54) is 35.0 Å². The van der Waals surface area contributed by atoms with Crippen molar-refractivity contribution in [3.05, 3.63) is 83.6 Å². The molecule has 3 heterocycles. The first-order valence-electron chi connectivity index (χ1n) is 8.63. The van der Waals surface area contributed by atoms with Crippen molar-refractivity contribution in [2.75, 3.05) is 10.6 Å². The van der Waals surface area contributed by atoms with Crippen LogP contribution in [0.1, 0.15) is 16.1 Å². The summed E-state index contributed by atoms with van der Waals surface area (Å²) in [5.41, 5.74) is 1.53. The van der Waals surface area contributed by atoms with Gasteiger partial charge in [0.05, 0.1) is 11.1 Å². The Labute approximate surface area is 174 Å². The molecule has 0 bridgehead atoms. The molecule has 6 nitrogen and oxygen atoms in total. The minimum atomic E-state index is -0.377. The number of benzene rings is 1. The number of thiophene rings is 1. The van der Waals surface area contributed by atoms with Gasteiger partial charge in [0, 0.05) is 6.08 Å². The molecule has 0 fully saturated rings. The molecule has 2 amide bonds. The molecule has 0 saturated carbocycles. The summed E-state index contributed by atoms with van der Waals surface area (Å²) < 4.78 is 5.14. The highest BCUT2D eigenvalue weighted by Crippen LogP contribution is 2.38. The summed E-state index contributed by atoms with van der Waals surface area (Å²) in [6, 6.07) is 16.6. The van der Waals surface area contributed by atoms with E-state index < -0.39 is 0 Å². The van der Waals surface area contributed by atoms with E-state index in [1.54, 1.807) is 18.2 Å². The molecule has 3 aromatic heterocycles. The Hall–Kier alpha value is -3.49. The van der Waals surface area contributed by atoms with Crippen molar-refractivity contribution in [3.63, 3.8) is 0 Å². The van der Waals surface area contributed by atoms with Gasteiger partial charge in [0.25, 0.3) is 5.91 Å². The molecule has 0 radical (unpaired) electrons. The number of hydrogen-bond acceptors (Lipinski definition) is 6. The van der Waals surface area contributed by atoms with Crippen LogP contribution in [0.15, 0.2) is 76.7 Å². The van der Waals surface area contributed by atoms with Crippen LogP contribution in [0.25, 0.3) is 16.6 Å². The van der Waals surface area contributed by atoms with Gasteiger partial charge in [-0.25, -0.2) is 4.98 Å². The summed E-state index contributed by atoms with van der Waals surface area (Å²) in [5.74, 6) is -0.477. The number of amides is 2. The molecule has 1 aromatic carbocycles. The van der Waals surface area contributed by atoms with Gasteiger partial charge in [-0.3, -0.25) is 14.9 Å². The molecule has 8 heteroatoms. The van der Waals surface area contributed by atoms with E-state index in [4.69, 9.17) is 4.42 Å². The normalized spacial score (nSPS) is 10.9. The Morgan fingerprint density at radius 1 is 1.00 bits per heavy atom. The van der Waals surface area contributed by atoms with Crippen molar-refractivity contribution in [3.8, 4) is 10.6 Å². The van der Waals surface area contributed by atoms with Crippen LogP contribution >= 0.6 is 22.7 Å². The highest BCUT2D eigenvalue weighted by molar-refractivity contribution is 7.21. The van der Waals surface area contributed by atoms with Crippen LogP contribution in [0.3, 0.4) is 0 Å². The molecule has 0 spiro atoms. The first kappa shape index (κ1) is 18.9. The third kappa shape index (κ3) is 4.68. The number of thiazole rings is 1. The van der Waals surface area contributed by atoms with Crippen molar-refractivity contribution in [2.24, 2.45) is 0 Å². The lowest BCUT2D eigenvalue weighted by molar-refractivity contribution is -0.111. The Morgan fingerprint density at radius 2 is 1.86 bits per heavy atom. The van der Waals surface area contributed by atoms with Gasteiger partial charge in [-0.15, -0.1) is 11.3 Å². The van der Waals surface area contributed by atoms with E-state index in [-0.39, 0.29) is 17.6 Å². The van der Waals surface area contributed by atoms with E-state index >= 15 is 0 Å². The first-order valence-corrected chi connectivity index (χ1v) is 10.3. The maximum atomic E-state index is 12.4. The highest BCUT2D eigenvalue weighted by atomic mass is 32.1. The summed E-state index contributed by atoms with van der Waals surface area (Å²) in [4.78, 5) is 30.0. The number of nitrogens with zero attached hydrogens (tertiary/aromatic N) is 1. The van der Waals surface area contributed by atoms with Crippen LogP contribution in [-0.2, 0) is 4.79 Å². The molecule has 0 saturated heterocycles. The van der Waals surface area contributed by atoms with Gasteiger partial charge in [0.15, 0.2) is 10.9 Å². The number of rotatable bonds is 6. The lowest BCUT2D eigenvalue weighted by atomic mass is 10.2. The Bertz CT molecular complexity index is 1130. The van der Waals surface area contributed by atoms with E-state index in [9.17, 15) is 9.59 Å². The second-order valence-corrected chi connectivity index (χ2v) is 7.79. The van der Waals surface area contributed by atoms with E-state index in [1.807, 2.05) is 47.8 Å². The average molecular weight is 422 g/mol. The smallest absolute Gasteiger partial charge is 0.292 e. The van der Waals surface area contributed by atoms with E-state index in [2.05, 4.69) is 15.6 Å². The van der Waals surface area contributed by atoms with Crippen molar-refractivity contribution >= 4 is 50.7 Å². The van der Waals surface area contributed by atoms with Gasteiger partial charge in [-0.1, -0.05) is 47.7 Å². The topological polar surface area (TPSA) is 84.2 Å². The summed E-state index contributed by atoms with van der Waals surface area (Å²) in [7, 11) is 0. The van der Waals surface area contributed by atoms with Crippen molar-refractivity contribution in [1.29, 1.82) is 0 Å². The molecule has 0 aliphatic heterocycles. The number of carbonyl (C=O) groups is 2. The Balaban J connectivity index is 1.54. The summed E-state index contributed by atoms with van der Waals surface area (Å²) >= 11 is 2.69. The van der Waals surface area contributed by atoms with Crippen LogP contribution < -0.4 is 10.6 Å². The Morgan fingerprint density at radius 3 is 2.59 bits per heavy atom. The van der Waals surface area contributed by atoms with Crippen LogP contribution in [0.2, 0.25) is 0 Å². The van der Waals surface area contributed by atoms with Crippen LogP contribution in [0.5, 0.6) is 0 Å². The summed E-state index contributed by atoms with van der Waals surface area (Å²) in [6.07, 6.45) is 4.61. The zero-order valence-corrected chi connectivity index (χ0v) is 16.6. The largest absolute Gasteiger partial charge is 0.459 e. The number of furan rings is 1. The van der Waals surface area contributed by atoms with Crippen LogP contribution in [0, 0.1) is 0 Å². The summed E-state index contributed by atoms with van der Waals surface area (Å²) in [5, 5.41) is 8.42. The molecule has 144 valence electrons. The van der Waals surface area contributed by atoms with Gasteiger partial charge in [-0.2, -0.15) is 0 Å². The number of nitrogens with one attached hydrogen (secondary N) is 2. The third-order valence-corrected chi connectivity index (χ3v) is 5.57. The van der Waals surface area contributed by atoms with E-state index in [0.717, 1.165) is 10.4 Å². The van der Waals surface area contributed by atoms with Gasteiger partial charge in [-0.05, 0) is 35.2 Å². The maximum absolute atomic E-state index is 12.4. The lowest BCUT2D eigenvalue weighted by Gasteiger charge is -2.01. The number of hydrogen-bond donors (Lipinski definition) is 2. The third-order valence-electron chi connectivity index (χ3n) is 3.81. The molecule has 29 heavy (non-hydrogen) atoms. The Kier molecular flexibility index (Phi) is 5.64. The molecular formula is C21H15N3O3S2. The number of carbonyl (C=O) groups excluding carboxylic acids is 2. The van der Waals surface area contributed by atoms with Crippen molar-refractivity contribution in [1.82, 2.24) is 4.98 Å². The minimum absolute atomic E-state index is 0.201. The fourth-order valence-corrected chi connectivity index (χ4v) is 4.16. The lowest BCUT2D eigenvalue weighted by Crippen LogP contribution is -2.10. The van der Waals surface area contributed by atoms with Crippen LogP contribution in [-0.4, -0.2) is 16.8 Å². The molecule has 0 atom stereocenters. The molecule has 4 aromatic rings. The standard InChI is InChI=1S/C21H15N3O3S2/c25-17(11-10-14-6-2-1-3-7-14)22-21-23-18(16-9-5-13-28-16)20(29-21)24-19(26)15-8-4-12-27-15/h1-13H,(H,24,26)(H,22,23,25)/b11-10+. The fourth-order valence-electron chi connectivity index (χ4n) is 2.49. The SMILES string of the molecule is O=C(/C=C/c1ccccc1)Nc1nc(-c2cccs2)c(NC(=O)c2ccco2)s1. The fraction of sp³-hybridized carbons (Fsp3) is 0. The van der Waals surface area contributed by atoms with E-state index in [0.29, 0.717) is 15.8 Å². The van der Waals surface area contributed by atoms with Crippen molar-refractivity contribution in [2.45, 2.75) is 0 Å². The predicted molar refractivity (Wildman–Crippen MR) is 116 cm³/mol. The zero-order chi connectivity index (χ0) is 20.1. The van der Waals surface area contributed by atoms with Crippen molar-refractivity contribution < 1.29 is 14.0 Å². The van der Waals surface area contributed by atoms with Gasteiger partial charge < -0.3 is 9.73 Å². The summed E-state index contributed by atoms with van der Waals surface area (Å²) in [6.45, 7) is 0. The molecule has 0 aliphatic carbocycles. The molecule has 4 rings (SSSR count). The monoisotopic (exact) mass is 421 g/mol. The average Bonchev–Trinajstić information content (AvgIpc) is 3.49. The van der Waals surface area contributed by atoms with Gasteiger partial charge >= 0.3 is 0 Å². The molecule has 0 aliphatic rings. The number of anilines is 2. The van der Waals surface area contributed by atoms with Crippen LogP contribution in [0.4, 0.5) is 10.1 Å². The number of aromatic nitrogens is 1. The quantitative estimate of drug-likeness (QED) is 0.410. The second kappa shape index (κ2) is 8.68. The first-order chi connectivity index (χ1) is 14.2. The zero-order valence-electron chi connectivity index (χ0n) is 15.0. The molecular weight excluding hydrogens is 406 g/mol. The predicted octanol–water partition coefficient (Wildman–Crippen LogP) is 5.37. The van der Waals surface area contributed by atoms with Gasteiger partial charge in [0.1, 0.15) is 10.7 Å². The maximum Gasteiger partial charge on any atom is 0.292 e. The minimum Gasteiger partial charge on any atom is -0.459 e. The van der Waals surface area contributed by atoms with Gasteiger partial charge in [0.2, 0.25) is 5.91 Å². The highest BCUT2D eigenvalue weighted by Gasteiger charge is 2.19. The molecule has 2 N–H and O–H groups in total.